The highest BCUT2D eigenvalue weighted by Crippen LogP contribution is 2.25. The Morgan fingerprint density at radius 1 is 1.14 bits per heavy atom. The molecule has 0 radical (unpaired) electrons. The summed E-state index contributed by atoms with van der Waals surface area (Å²) in [5.41, 5.74) is 1.83. The average Bonchev–Trinajstić information content (AvgIpc) is 2.51. The molecule has 0 unspecified atom stereocenters. The number of rotatable bonds is 7. The molecule has 0 heterocycles. The lowest BCUT2D eigenvalue weighted by Gasteiger charge is -2.13. The van der Waals surface area contributed by atoms with E-state index in [9.17, 15) is 4.39 Å². The molecule has 3 nitrogen and oxygen atoms in total. The van der Waals surface area contributed by atoms with Crippen molar-refractivity contribution in [3.63, 3.8) is 0 Å². The second kappa shape index (κ2) is 7.64. The van der Waals surface area contributed by atoms with Gasteiger partial charge in [0.15, 0.2) is 0 Å². The number of benzene rings is 2. The number of hydrogen-bond acceptors (Lipinski definition) is 3. The summed E-state index contributed by atoms with van der Waals surface area (Å²) in [6.07, 6.45) is 0. The van der Waals surface area contributed by atoms with Gasteiger partial charge in [-0.25, -0.2) is 4.39 Å². The minimum atomic E-state index is -0.251. The molecule has 4 heteroatoms. The Hall–Kier alpha value is -2.07. The summed E-state index contributed by atoms with van der Waals surface area (Å²) in [6.45, 7) is 3.96. The average molecular weight is 289 g/mol. The number of ether oxygens (including phenoxy) is 2. The number of hydrogen-bond donors (Lipinski definition) is 1. The highest BCUT2D eigenvalue weighted by molar-refractivity contribution is 5.40. The number of methoxy groups -OCH3 is 1. The molecule has 0 atom stereocenters. The molecule has 0 aromatic heterocycles. The van der Waals surface area contributed by atoms with E-state index < -0.39 is 0 Å². The summed E-state index contributed by atoms with van der Waals surface area (Å²) in [5.74, 6) is 1.32. The highest BCUT2D eigenvalue weighted by atomic mass is 19.1. The smallest absolute Gasteiger partial charge is 0.124 e. The van der Waals surface area contributed by atoms with Gasteiger partial charge < -0.3 is 14.8 Å². The molecule has 0 aliphatic heterocycles. The van der Waals surface area contributed by atoms with Gasteiger partial charge in [0.25, 0.3) is 0 Å². The van der Waals surface area contributed by atoms with Gasteiger partial charge in [-0.2, -0.15) is 0 Å². The third kappa shape index (κ3) is 4.46. The van der Waals surface area contributed by atoms with E-state index in [1.54, 1.807) is 13.2 Å². The summed E-state index contributed by atoms with van der Waals surface area (Å²) in [7, 11) is 1.64. The fourth-order valence-electron chi connectivity index (χ4n) is 2.01. The van der Waals surface area contributed by atoms with Crippen LogP contribution in [0.15, 0.2) is 42.5 Å². The Kier molecular flexibility index (Phi) is 5.58. The van der Waals surface area contributed by atoms with Gasteiger partial charge in [-0.05, 0) is 42.4 Å². The monoisotopic (exact) mass is 289 g/mol. The zero-order valence-corrected chi connectivity index (χ0v) is 12.4. The summed E-state index contributed by atoms with van der Waals surface area (Å²) < 4.78 is 24.2. The topological polar surface area (TPSA) is 30.5 Å². The Bertz CT molecular complexity index is 587. The Morgan fingerprint density at radius 2 is 2.00 bits per heavy atom. The van der Waals surface area contributed by atoms with Crippen LogP contribution in [0.5, 0.6) is 11.5 Å². The number of halogens is 1. The molecule has 0 bridgehead atoms. The highest BCUT2D eigenvalue weighted by Gasteiger charge is 2.06. The van der Waals surface area contributed by atoms with Gasteiger partial charge in [-0.1, -0.05) is 19.1 Å². The standard InChI is InChI=1S/C17H20FNO2/c1-3-19-11-14-10-16(20-2)7-8-17(14)21-12-13-5-4-6-15(18)9-13/h4-10,19H,3,11-12H2,1-2H3. The first-order valence-electron chi connectivity index (χ1n) is 6.97. The molecular weight excluding hydrogens is 269 g/mol. The second-order valence-electron chi connectivity index (χ2n) is 4.67. The van der Waals surface area contributed by atoms with Crippen LogP contribution in [0, 0.1) is 5.82 Å². The predicted molar refractivity (Wildman–Crippen MR) is 81.1 cm³/mol. The zero-order chi connectivity index (χ0) is 15.1. The van der Waals surface area contributed by atoms with Crippen LogP contribution in [-0.4, -0.2) is 13.7 Å². The van der Waals surface area contributed by atoms with Crippen LogP contribution in [0.2, 0.25) is 0 Å². The molecule has 1 N–H and O–H groups in total. The lowest BCUT2D eigenvalue weighted by Crippen LogP contribution is -2.13. The molecule has 112 valence electrons. The molecule has 0 aliphatic rings. The maximum atomic E-state index is 13.2. The van der Waals surface area contributed by atoms with Crippen molar-refractivity contribution in [3.05, 3.63) is 59.4 Å². The Balaban J connectivity index is 2.10. The molecule has 0 saturated heterocycles. The van der Waals surface area contributed by atoms with Gasteiger partial charge in [-0.3, -0.25) is 0 Å². The fraction of sp³-hybridized carbons (Fsp3) is 0.294. The molecular formula is C17H20FNO2. The maximum Gasteiger partial charge on any atom is 0.124 e. The Labute approximate surface area is 124 Å². The van der Waals surface area contributed by atoms with Crippen LogP contribution in [0.25, 0.3) is 0 Å². The lowest BCUT2D eigenvalue weighted by atomic mass is 10.2. The zero-order valence-electron chi connectivity index (χ0n) is 12.4. The first-order valence-corrected chi connectivity index (χ1v) is 6.97. The molecule has 0 saturated carbocycles. The minimum absolute atomic E-state index is 0.251. The van der Waals surface area contributed by atoms with Gasteiger partial charge in [0, 0.05) is 12.1 Å². The molecule has 0 aliphatic carbocycles. The third-order valence-corrected chi connectivity index (χ3v) is 3.12. The first-order chi connectivity index (χ1) is 10.2. The van der Waals surface area contributed by atoms with Crippen molar-refractivity contribution in [2.45, 2.75) is 20.1 Å². The van der Waals surface area contributed by atoms with Crippen molar-refractivity contribution in [3.8, 4) is 11.5 Å². The minimum Gasteiger partial charge on any atom is -0.497 e. The van der Waals surface area contributed by atoms with Gasteiger partial charge >= 0.3 is 0 Å². The van der Waals surface area contributed by atoms with E-state index in [0.29, 0.717) is 13.2 Å². The lowest BCUT2D eigenvalue weighted by molar-refractivity contribution is 0.300. The molecule has 21 heavy (non-hydrogen) atoms. The number of nitrogens with one attached hydrogen (secondary N) is 1. The van der Waals surface area contributed by atoms with E-state index in [1.165, 1.54) is 12.1 Å². The van der Waals surface area contributed by atoms with Crippen LogP contribution < -0.4 is 14.8 Å². The van der Waals surface area contributed by atoms with Crippen molar-refractivity contribution in [2.24, 2.45) is 0 Å². The fourth-order valence-corrected chi connectivity index (χ4v) is 2.01. The van der Waals surface area contributed by atoms with E-state index in [-0.39, 0.29) is 5.82 Å². The first kappa shape index (κ1) is 15.3. The molecule has 2 aromatic rings. The molecule has 0 fully saturated rings. The third-order valence-electron chi connectivity index (χ3n) is 3.12. The summed E-state index contributed by atoms with van der Waals surface area (Å²) in [4.78, 5) is 0. The van der Waals surface area contributed by atoms with Gasteiger partial charge in [0.2, 0.25) is 0 Å². The van der Waals surface area contributed by atoms with Gasteiger partial charge in [-0.15, -0.1) is 0 Å². The van der Waals surface area contributed by atoms with Crippen LogP contribution in [0.1, 0.15) is 18.1 Å². The van der Waals surface area contributed by atoms with E-state index in [1.807, 2.05) is 31.2 Å². The molecule has 0 amide bonds. The predicted octanol–water partition coefficient (Wildman–Crippen LogP) is 3.52. The quantitative estimate of drug-likeness (QED) is 0.846. The second-order valence-corrected chi connectivity index (χ2v) is 4.67. The van der Waals surface area contributed by atoms with Crippen molar-refractivity contribution in [1.82, 2.24) is 5.32 Å². The molecule has 2 rings (SSSR count). The normalized spacial score (nSPS) is 10.4. The van der Waals surface area contributed by atoms with Crippen molar-refractivity contribution in [1.29, 1.82) is 0 Å². The van der Waals surface area contributed by atoms with E-state index >= 15 is 0 Å². The van der Waals surface area contributed by atoms with Crippen molar-refractivity contribution < 1.29 is 13.9 Å². The van der Waals surface area contributed by atoms with E-state index in [4.69, 9.17) is 9.47 Å². The maximum absolute atomic E-state index is 13.2. The van der Waals surface area contributed by atoms with Gasteiger partial charge in [0.1, 0.15) is 23.9 Å². The molecule has 0 spiro atoms. The van der Waals surface area contributed by atoms with Crippen LogP contribution in [0.3, 0.4) is 0 Å². The van der Waals surface area contributed by atoms with Crippen LogP contribution in [-0.2, 0) is 13.2 Å². The van der Waals surface area contributed by atoms with Crippen LogP contribution >= 0.6 is 0 Å². The summed E-state index contributed by atoms with van der Waals surface area (Å²) >= 11 is 0. The largest absolute Gasteiger partial charge is 0.497 e. The summed E-state index contributed by atoms with van der Waals surface area (Å²) in [5, 5.41) is 3.27. The van der Waals surface area contributed by atoms with Crippen molar-refractivity contribution >= 4 is 0 Å². The van der Waals surface area contributed by atoms with Gasteiger partial charge in [0.05, 0.1) is 7.11 Å². The van der Waals surface area contributed by atoms with Crippen LogP contribution in [0.4, 0.5) is 4.39 Å². The van der Waals surface area contributed by atoms with Crippen molar-refractivity contribution in [2.75, 3.05) is 13.7 Å². The molecule has 2 aromatic carbocycles. The Morgan fingerprint density at radius 3 is 2.71 bits per heavy atom. The summed E-state index contributed by atoms with van der Waals surface area (Å²) in [6, 6.07) is 12.1. The SMILES string of the molecule is CCNCc1cc(OC)ccc1OCc1cccc(F)c1. The van der Waals surface area contributed by atoms with E-state index in [2.05, 4.69) is 5.32 Å². The van der Waals surface area contributed by atoms with E-state index in [0.717, 1.165) is 29.2 Å².